The molecular formula is C31H31NO6S2. The van der Waals surface area contributed by atoms with Crippen molar-refractivity contribution >= 4 is 32.9 Å². The van der Waals surface area contributed by atoms with Crippen molar-refractivity contribution in [3.05, 3.63) is 144 Å². The van der Waals surface area contributed by atoms with Gasteiger partial charge in [-0.05, 0) is 29.2 Å². The quantitative estimate of drug-likeness (QED) is 0.267. The molecule has 0 aliphatic carbocycles. The maximum Gasteiger partial charge on any atom is 0.353 e. The molecule has 0 bridgehead atoms. The molecule has 0 spiro atoms. The number of nitrogens with two attached hydrogens (primary N) is 1. The number of carbonyl (C=O) groups excluding carboxylic acids is 1. The monoisotopic (exact) mass is 577 g/mol. The lowest BCUT2D eigenvalue weighted by Crippen LogP contribution is -2.38. The predicted octanol–water partition coefficient (Wildman–Crippen LogP) is 4.46. The van der Waals surface area contributed by atoms with Crippen molar-refractivity contribution in [3.8, 4) is 0 Å². The number of benzene rings is 4. The molecule has 40 heavy (non-hydrogen) atoms. The van der Waals surface area contributed by atoms with Gasteiger partial charge in [0.2, 0.25) is 11.7 Å². The first kappa shape index (κ1) is 30.6. The van der Waals surface area contributed by atoms with Gasteiger partial charge in [-0.3, -0.25) is 4.79 Å². The minimum atomic E-state index is -3.70. The summed E-state index contributed by atoms with van der Waals surface area (Å²) in [6, 6.07) is 36.4. The van der Waals surface area contributed by atoms with Gasteiger partial charge < -0.3 is 15.4 Å². The van der Waals surface area contributed by atoms with Gasteiger partial charge in [0.05, 0.1) is 0 Å². The number of carboxylic acids is 1. The van der Waals surface area contributed by atoms with Crippen molar-refractivity contribution in [1.82, 2.24) is 0 Å². The van der Waals surface area contributed by atoms with Crippen LogP contribution in [0.5, 0.6) is 0 Å². The van der Waals surface area contributed by atoms with E-state index in [0.717, 1.165) is 11.1 Å². The van der Waals surface area contributed by atoms with Crippen LogP contribution in [0.15, 0.2) is 121 Å². The van der Waals surface area contributed by atoms with E-state index in [1.165, 1.54) is 0 Å². The van der Waals surface area contributed by atoms with Crippen LogP contribution in [0.3, 0.4) is 0 Å². The first-order chi connectivity index (χ1) is 19.1. The summed E-state index contributed by atoms with van der Waals surface area (Å²) in [5.41, 5.74) is 8.01. The molecule has 0 aliphatic heterocycles. The summed E-state index contributed by atoms with van der Waals surface area (Å²) in [5, 5.41) is 8.07. The summed E-state index contributed by atoms with van der Waals surface area (Å²) in [5.74, 6) is -2.94. The van der Waals surface area contributed by atoms with Crippen molar-refractivity contribution in [2.75, 3.05) is 11.5 Å². The highest BCUT2D eigenvalue weighted by Crippen LogP contribution is 2.37. The molecule has 4 aromatic rings. The number of sulfone groups is 1. The fraction of sp³-hybridized carbons (Fsp3) is 0.161. The highest BCUT2D eigenvalue weighted by atomic mass is 32.2. The number of hydrogen-bond donors (Lipinski definition) is 2. The standard InChI is InChI=1S/C16H16O3S.C15H15NO3S/c1-16(20(19)12-15(17)18,13-8-4-2-5-9-13)14-10-6-3-7-11-14;16-14(17)11-20(18,19)15(12-7-3-1-4-8-12)13-9-5-2-6-10-13/h2-11H,12H2,1H3,(H,17,18);1-10,15H,11H2,(H2,16,17). The molecule has 9 heteroatoms. The number of hydrogen-bond acceptors (Lipinski definition) is 5. The Kier molecular flexibility index (Phi) is 10.7. The Hall–Kier alpha value is -3.92. The van der Waals surface area contributed by atoms with Crippen LogP contribution in [0, 0.1) is 0 Å². The first-order valence-electron chi connectivity index (χ1n) is 12.4. The molecule has 0 aliphatic rings. The third kappa shape index (κ3) is 7.81. The minimum absolute atomic E-state index is 0.375. The van der Waals surface area contributed by atoms with E-state index in [4.69, 9.17) is 10.8 Å². The van der Waals surface area contributed by atoms with Gasteiger partial charge >= 0.3 is 5.97 Å². The fourth-order valence-corrected chi connectivity index (χ4v) is 7.36. The topological polar surface area (TPSA) is 138 Å². The maximum absolute atomic E-state index is 12.6. The second-order valence-electron chi connectivity index (χ2n) is 9.12. The lowest BCUT2D eigenvalue weighted by atomic mass is 9.92. The predicted molar refractivity (Wildman–Crippen MR) is 158 cm³/mol. The molecule has 3 N–H and O–H groups in total. The normalized spacial score (nSPS) is 12.2. The number of rotatable bonds is 10. The van der Waals surface area contributed by atoms with Crippen LogP contribution in [0.1, 0.15) is 34.4 Å². The van der Waals surface area contributed by atoms with Gasteiger partial charge in [0.15, 0.2) is 14.6 Å². The molecule has 0 radical (unpaired) electrons. The van der Waals surface area contributed by atoms with Gasteiger partial charge in [0.25, 0.3) is 0 Å². The number of amides is 1. The number of carboxylic acid groups (broad SMARTS) is 1. The second-order valence-corrected chi connectivity index (χ2v) is 13.0. The smallest absolute Gasteiger partial charge is 0.353 e. The Morgan fingerprint density at radius 2 is 1.12 bits per heavy atom. The Balaban J connectivity index is 0.000000220. The number of aliphatic carboxylic acids is 1. The van der Waals surface area contributed by atoms with Crippen molar-refractivity contribution in [2.24, 2.45) is 5.73 Å². The number of carbonyl (C=O) groups is 2. The molecule has 1 unspecified atom stereocenters. The van der Waals surface area contributed by atoms with E-state index in [-0.39, 0.29) is 5.75 Å². The average molecular weight is 578 g/mol. The SMILES string of the molecule is CC(c1ccccc1)(c1ccccc1)[S+]([O-])CC(=O)O.NC(=O)CS(=O)(=O)C(c1ccccc1)c1ccccc1. The zero-order valence-electron chi connectivity index (χ0n) is 21.9. The van der Waals surface area contributed by atoms with Gasteiger partial charge in [0.1, 0.15) is 11.0 Å². The Morgan fingerprint density at radius 3 is 1.45 bits per heavy atom. The minimum Gasteiger partial charge on any atom is -0.615 e. The summed E-state index contributed by atoms with van der Waals surface area (Å²) in [4.78, 5) is 22.0. The molecule has 4 aromatic carbocycles. The maximum atomic E-state index is 12.6. The van der Waals surface area contributed by atoms with Gasteiger partial charge in [-0.25, -0.2) is 13.2 Å². The van der Waals surface area contributed by atoms with Crippen LogP contribution in [-0.4, -0.2) is 41.5 Å². The average Bonchev–Trinajstić information content (AvgIpc) is 2.94. The Bertz CT molecular complexity index is 1400. The van der Waals surface area contributed by atoms with Crippen LogP contribution in [0.4, 0.5) is 0 Å². The summed E-state index contributed by atoms with van der Waals surface area (Å²) in [7, 11) is -3.70. The fourth-order valence-electron chi connectivity index (χ4n) is 4.34. The third-order valence-electron chi connectivity index (χ3n) is 6.27. The van der Waals surface area contributed by atoms with Crippen LogP contribution in [-0.2, 0) is 35.3 Å². The van der Waals surface area contributed by atoms with Crippen molar-refractivity contribution < 1.29 is 27.7 Å². The molecule has 208 valence electrons. The summed E-state index contributed by atoms with van der Waals surface area (Å²) < 4.78 is 36.7. The van der Waals surface area contributed by atoms with E-state index in [1.807, 2.05) is 79.7 Å². The Morgan fingerprint density at radius 1 is 0.775 bits per heavy atom. The van der Waals surface area contributed by atoms with Gasteiger partial charge in [-0.15, -0.1) is 0 Å². The molecule has 0 heterocycles. The molecule has 0 aromatic heterocycles. The van der Waals surface area contributed by atoms with Crippen molar-refractivity contribution in [3.63, 3.8) is 0 Å². The summed E-state index contributed by atoms with van der Waals surface area (Å²) in [6.07, 6.45) is 0. The summed E-state index contributed by atoms with van der Waals surface area (Å²) in [6.45, 7) is 1.83. The van der Waals surface area contributed by atoms with Crippen molar-refractivity contribution in [2.45, 2.75) is 16.9 Å². The zero-order valence-corrected chi connectivity index (χ0v) is 23.6. The Labute approximate surface area is 237 Å². The molecule has 4 rings (SSSR count). The second kappa shape index (κ2) is 13.9. The van der Waals surface area contributed by atoms with Gasteiger partial charge in [0, 0.05) is 11.1 Å². The van der Waals surface area contributed by atoms with E-state index in [1.54, 1.807) is 48.5 Å². The molecule has 1 amide bonds. The van der Waals surface area contributed by atoms with E-state index >= 15 is 0 Å². The van der Waals surface area contributed by atoms with Gasteiger partial charge in [-0.1, -0.05) is 121 Å². The van der Waals surface area contributed by atoms with Crippen LogP contribution >= 0.6 is 0 Å². The molecular weight excluding hydrogens is 546 g/mol. The highest BCUT2D eigenvalue weighted by molar-refractivity contribution is 7.93. The summed E-state index contributed by atoms with van der Waals surface area (Å²) >= 11 is -1.56. The van der Waals surface area contributed by atoms with Crippen LogP contribution in [0.2, 0.25) is 0 Å². The largest absolute Gasteiger partial charge is 0.615 e. The molecule has 0 fully saturated rings. The van der Waals surface area contributed by atoms with E-state index in [0.29, 0.717) is 11.1 Å². The highest BCUT2D eigenvalue weighted by Gasteiger charge is 2.42. The number of primary amides is 1. The third-order valence-corrected chi connectivity index (χ3v) is 10.1. The van der Waals surface area contributed by atoms with E-state index in [9.17, 15) is 22.6 Å². The first-order valence-corrected chi connectivity index (χ1v) is 15.4. The van der Waals surface area contributed by atoms with E-state index < -0.39 is 48.6 Å². The van der Waals surface area contributed by atoms with Crippen LogP contribution in [0.25, 0.3) is 0 Å². The van der Waals surface area contributed by atoms with Crippen LogP contribution < -0.4 is 5.73 Å². The lowest BCUT2D eigenvalue weighted by molar-refractivity contribution is -0.134. The molecule has 1 atom stereocenters. The van der Waals surface area contributed by atoms with E-state index in [2.05, 4.69) is 0 Å². The molecule has 0 saturated carbocycles. The zero-order chi connectivity index (χ0) is 29.2. The van der Waals surface area contributed by atoms with Gasteiger partial charge in [-0.2, -0.15) is 0 Å². The molecule has 0 saturated heterocycles. The van der Waals surface area contributed by atoms with Crippen molar-refractivity contribution in [1.29, 1.82) is 0 Å². The molecule has 7 nitrogen and oxygen atoms in total. The lowest BCUT2D eigenvalue weighted by Gasteiger charge is -2.32.